The van der Waals surface area contributed by atoms with Crippen molar-refractivity contribution in [3.63, 3.8) is 0 Å². The minimum Gasteiger partial charge on any atom is -0.344 e. The number of amides is 2. The Hall–Kier alpha value is -3.15. The molecule has 1 atom stereocenters. The highest BCUT2D eigenvalue weighted by atomic mass is 16.2. The summed E-state index contributed by atoms with van der Waals surface area (Å²) in [4.78, 5) is 30.2. The molecule has 3 aromatic rings. The number of aromatic nitrogens is 2. The average molecular weight is 419 g/mol. The van der Waals surface area contributed by atoms with E-state index >= 15 is 0 Å². The van der Waals surface area contributed by atoms with Gasteiger partial charge < -0.3 is 15.0 Å². The smallest absolute Gasteiger partial charge is 0.247 e. The molecule has 2 N–H and O–H groups in total. The summed E-state index contributed by atoms with van der Waals surface area (Å²) < 4.78 is 1.98. The van der Waals surface area contributed by atoms with Crippen LogP contribution in [0.5, 0.6) is 0 Å². The topological polar surface area (TPSA) is 75.5 Å². The van der Waals surface area contributed by atoms with Crippen LogP contribution in [0.1, 0.15) is 46.0 Å². The zero-order valence-electron chi connectivity index (χ0n) is 18.2. The van der Waals surface area contributed by atoms with Crippen molar-refractivity contribution in [1.82, 2.24) is 14.7 Å². The summed E-state index contributed by atoms with van der Waals surface area (Å²) in [6.45, 7) is 3.91. The molecule has 6 nitrogen and oxygen atoms in total. The number of fused-ring (bicyclic) bond motifs is 1. The highest BCUT2D eigenvalue weighted by Gasteiger charge is 2.28. The fourth-order valence-corrected chi connectivity index (χ4v) is 4.19. The van der Waals surface area contributed by atoms with E-state index in [2.05, 4.69) is 15.6 Å². The van der Waals surface area contributed by atoms with E-state index in [-0.39, 0.29) is 23.7 Å². The standard InChI is InChI=1S/C25H30N4O2/c1-17(2)23(28-24(30)19-8-4-3-5-9-19)25(31)26-20-13-11-18(12-14-20)21-16-29-15-7-6-10-22(29)27-21/h6-7,10-17,19,23H,3-5,8-9H2,1-2H3,(H,26,31)(H,28,30). The van der Waals surface area contributed by atoms with Crippen LogP contribution in [-0.4, -0.2) is 27.2 Å². The molecular formula is C25H30N4O2. The maximum Gasteiger partial charge on any atom is 0.247 e. The Bertz CT molecular complexity index is 1020. The monoisotopic (exact) mass is 418 g/mol. The molecule has 2 amide bonds. The van der Waals surface area contributed by atoms with Crippen LogP contribution >= 0.6 is 0 Å². The van der Waals surface area contributed by atoms with Crippen molar-refractivity contribution in [2.75, 3.05) is 5.32 Å². The third-order valence-electron chi connectivity index (χ3n) is 6.04. The first-order valence-electron chi connectivity index (χ1n) is 11.2. The van der Waals surface area contributed by atoms with E-state index in [9.17, 15) is 9.59 Å². The predicted molar refractivity (Wildman–Crippen MR) is 123 cm³/mol. The first-order chi connectivity index (χ1) is 15.0. The Morgan fingerprint density at radius 3 is 2.45 bits per heavy atom. The van der Waals surface area contributed by atoms with Gasteiger partial charge in [0, 0.05) is 29.6 Å². The van der Waals surface area contributed by atoms with Crippen molar-refractivity contribution in [2.45, 2.75) is 52.0 Å². The number of hydrogen-bond acceptors (Lipinski definition) is 3. The van der Waals surface area contributed by atoms with Crippen LogP contribution in [0.3, 0.4) is 0 Å². The molecule has 31 heavy (non-hydrogen) atoms. The average Bonchev–Trinajstić information content (AvgIpc) is 3.22. The van der Waals surface area contributed by atoms with E-state index < -0.39 is 6.04 Å². The first kappa shape index (κ1) is 21.1. The molecule has 0 radical (unpaired) electrons. The van der Waals surface area contributed by atoms with Gasteiger partial charge in [-0.2, -0.15) is 0 Å². The van der Waals surface area contributed by atoms with Gasteiger partial charge in [-0.15, -0.1) is 0 Å². The van der Waals surface area contributed by atoms with E-state index in [1.165, 1.54) is 6.42 Å². The van der Waals surface area contributed by atoms with Crippen LogP contribution in [-0.2, 0) is 9.59 Å². The van der Waals surface area contributed by atoms with Gasteiger partial charge in [0.05, 0.1) is 5.69 Å². The molecule has 0 spiro atoms. The second-order valence-corrected chi connectivity index (χ2v) is 8.72. The number of carbonyl (C=O) groups excluding carboxylic acids is 2. The maximum absolute atomic E-state index is 12.9. The van der Waals surface area contributed by atoms with Crippen LogP contribution in [0.15, 0.2) is 54.9 Å². The van der Waals surface area contributed by atoms with Gasteiger partial charge in [0.2, 0.25) is 11.8 Å². The number of rotatable bonds is 6. The summed E-state index contributed by atoms with van der Waals surface area (Å²) >= 11 is 0. The highest BCUT2D eigenvalue weighted by molar-refractivity contribution is 5.97. The SMILES string of the molecule is CC(C)C(NC(=O)C1CCCCC1)C(=O)Nc1ccc(-c2cn3ccccc3n2)cc1. The summed E-state index contributed by atoms with van der Waals surface area (Å²) in [5.74, 6) is -0.132. The lowest BCUT2D eigenvalue weighted by Crippen LogP contribution is -2.49. The number of carbonyl (C=O) groups is 2. The fourth-order valence-electron chi connectivity index (χ4n) is 4.19. The highest BCUT2D eigenvalue weighted by Crippen LogP contribution is 2.25. The number of nitrogens with one attached hydrogen (secondary N) is 2. The largest absolute Gasteiger partial charge is 0.344 e. The minimum atomic E-state index is -0.549. The molecule has 1 aliphatic carbocycles. The zero-order valence-corrected chi connectivity index (χ0v) is 18.2. The molecule has 1 aliphatic rings. The lowest BCUT2D eigenvalue weighted by Gasteiger charge is -2.26. The van der Waals surface area contributed by atoms with Gasteiger partial charge in [-0.25, -0.2) is 4.98 Å². The Kier molecular flexibility index (Phi) is 6.35. The van der Waals surface area contributed by atoms with Gasteiger partial charge in [-0.1, -0.05) is 51.3 Å². The minimum absolute atomic E-state index is 0.00443. The Morgan fingerprint density at radius 2 is 1.77 bits per heavy atom. The number of anilines is 1. The van der Waals surface area contributed by atoms with E-state index in [0.29, 0.717) is 5.69 Å². The molecule has 6 heteroatoms. The van der Waals surface area contributed by atoms with E-state index in [4.69, 9.17) is 0 Å². The lowest BCUT2D eigenvalue weighted by molar-refractivity contribution is -0.130. The van der Waals surface area contributed by atoms with Crippen molar-refractivity contribution in [3.05, 3.63) is 54.9 Å². The van der Waals surface area contributed by atoms with Crippen LogP contribution in [0.25, 0.3) is 16.9 Å². The number of imidazole rings is 1. The number of pyridine rings is 1. The van der Waals surface area contributed by atoms with Crippen LogP contribution in [0, 0.1) is 11.8 Å². The van der Waals surface area contributed by atoms with Crippen LogP contribution in [0.4, 0.5) is 5.69 Å². The van der Waals surface area contributed by atoms with Gasteiger partial charge in [0.15, 0.2) is 0 Å². The Labute approximate surface area is 183 Å². The molecule has 1 aromatic carbocycles. The molecule has 2 aromatic heterocycles. The first-order valence-corrected chi connectivity index (χ1v) is 11.2. The molecule has 162 valence electrons. The molecule has 0 aliphatic heterocycles. The normalized spacial score (nSPS) is 15.7. The molecule has 1 fully saturated rings. The number of nitrogens with zero attached hydrogens (tertiary/aromatic N) is 2. The molecule has 4 rings (SSSR count). The quantitative estimate of drug-likeness (QED) is 0.611. The molecular weight excluding hydrogens is 388 g/mol. The Morgan fingerprint density at radius 1 is 1.03 bits per heavy atom. The van der Waals surface area contributed by atoms with Crippen molar-refractivity contribution < 1.29 is 9.59 Å². The van der Waals surface area contributed by atoms with E-state index in [1.807, 2.05) is 73.1 Å². The molecule has 1 saturated carbocycles. The molecule has 2 heterocycles. The van der Waals surface area contributed by atoms with Crippen LogP contribution in [0.2, 0.25) is 0 Å². The summed E-state index contributed by atoms with van der Waals surface area (Å²) in [7, 11) is 0. The fraction of sp³-hybridized carbons (Fsp3) is 0.400. The predicted octanol–water partition coefficient (Wildman–Crippen LogP) is 4.66. The van der Waals surface area contributed by atoms with Gasteiger partial charge >= 0.3 is 0 Å². The third-order valence-corrected chi connectivity index (χ3v) is 6.04. The second kappa shape index (κ2) is 9.33. The number of hydrogen-bond donors (Lipinski definition) is 2. The number of benzene rings is 1. The summed E-state index contributed by atoms with van der Waals surface area (Å²) in [5, 5.41) is 5.95. The Balaban J connectivity index is 1.41. The van der Waals surface area contributed by atoms with Crippen molar-refractivity contribution in [2.24, 2.45) is 11.8 Å². The lowest BCUT2D eigenvalue weighted by atomic mass is 9.88. The van der Waals surface area contributed by atoms with E-state index in [0.717, 1.165) is 42.6 Å². The van der Waals surface area contributed by atoms with Gasteiger partial charge in [-0.3, -0.25) is 9.59 Å². The summed E-state index contributed by atoms with van der Waals surface area (Å²) in [5.41, 5.74) is 3.45. The van der Waals surface area contributed by atoms with E-state index in [1.54, 1.807) is 0 Å². The second-order valence-electron chi connectivity index (χ2n) is 8.72. The summed E-state index contributed by atoms with van der Waals surface area (Å²) in [6.07, 6.45) is 9.17. The third kappa shape index (κ3) is 4.95. The van der Waals surface area contributed by atoms with Gasteiger partial charge in [0.1, 0.15) is 11.7 Å². The maximum atomic E-state index is 12.9. The molecule has 0 bridgehead atoms. The molecule has 0 saturated heterocycles. The summed E-state index contributed by atoms with van der Waals surface area (Å²) in [6, 6.07) is 13.0. The van der Waals surface area contributed by atoms with Gasteiger partial charge in [-0.05, 0) is 43.0 Å². The van der Waals surface area contributed by atoms with Crippen molar-refractivity contribution in [3.8, 4) is 11.3 Å². The van der Waals surface area contributed by atoms with Crippen molar-refractivity contribution in [1.29, 1.82) is 0 Å². The molecule has 1 unspecified atom stereocenters. The van der Waals surface area contributed by atoms with Crippen LogP contribution < -0.4 is 10.6 Å². The van der Waals surface area contributed by atoms with Crippen molar-refractivity contribution >= 4 is 23.1 Å². The van der Waals surface area contributed by atoms with Gasteiger partial charge in [0.25, 0.3) is 0 Å². The zero-order chi connectivity index (χ0) is 21.8.